The lowest BCUT2D eigenvalue weighted by Crippen LogP contribution is -2.17. The summed E-state index contributed by atoms with van der Waals surface area (Å²) >= 11 is 0. The van der Waals surface area contributed by atoms with Crippen molar-refractivity contribution in [3.63, 3.8) is 0 Å². The SMILES string of the molecule is CC.Cc1ccc2c(c1)OCCN2. The second-order valence-corrected chi connectivity index (χ2v) is 2.77. The minimum Gasteiger partial charge on any atom is -0.490 e. The number of aryl methyl sites for hydroxylation is 1. The fourth-order valence-electron chi connectivity index (χ4n) is 1.24. The van der Waals surface area contributed by atoms with Crippen LogP contribution < -0.4 is 10.1 Å². The average Bonchev–Trinajstić information content (AvgIpc) is 2.21. The number of benzene rings is 1. The zero-order valence-corrected chi connectivity index (χ0v) is 8.55. The van der Waals surface area contributed by atoms with Gasteiger partial charge in [-0.2, -0.15) is 0 Å². The average molecular weight is 179 g/mol. The van der Waals surface area contributed by atoms with E-state index in [2.05, 4.69) is 30.4 Å². The van der Waals surface area contributed by atoms with Crippen LogP contribution in [0.15, 0.2) is 18.2 Å². The lowest BCUT2D eigenvalue weighted by molar-refractivity contribution is 0.323. The third-order valence-electron chi connectivity index (χ3n) is 1.81. The Labute approximate surface area is 79.9 Å². The van der Waals surface area contributed by atoms with Gasteiger partial charge < -0.3 is 10.1 Å². The van der Waals surface area contributed by atoms with Crippen LogP contribution in [-0.4, -0.2) is 13.2 Å². The molecule has 1 aliphatic heterocycles. The van der Waals surface area contributed by atoms with Crippen molar-refractivity contribution in [2.24, 2.45) is 0 Å². The molecule has 1 heterocycles. The molecule has 0 fully saturated rings. The summed E-state index contributed by atoms with van der Waals surface area (Å²) in [6.45, 7) is 7.75. The van der Waals surface area contributed by atoms with E-state index in [0.717, 1.165) is 24.6 Å². The lowest BCUT2D eigenvalue weighted by Gasteiger charge is -2.18. The number of rotatable bonds is 0. The van der Waals surface area contributed by atoms with Gasteiger partial charge in [0, 0.05) is 6.54 Å². The number of ether oxygens (including phenoxy) is 1. The zero-order chi connectivity index (χ0) is 9.68. The maximum Gasteiger partial charge on any atom is 0.142 e. The molecule has 0 saturated heterocycles. The highest BCUT2D eigenvalue weighted by Crippen LogP contribution is 2.27. The van der Waals surface area contributed by atoms with Crippen LogP contribution in [0.25, 0.3) is 0 Å². The minimum absolute atomic E-state index is 0.774. The maximum absolute atomic E-state index is 5.44. The van der Waals surface area contributed by atoms with E-state index in [1.807, 2.05) is 13.8 Å². The molecule has 1 aliphatic rings. The van der Waals surface area contributed by atoms with E-state index in [1.165, 1.54) is 5.56 Å². The summed E-state index contributed by atoms with van der Waals surface area (Å²) in [6, 6.07) is 6.20. The van der Waals surface area contributed by atoms with Crippen LogP contribution in [-0.2, 0) is 0 Å². The number of fused-ring (bicyclic) bond motifs is 1. The normalized spacial score (nSPS) is 12.8. The molecule has 0 atom stereocenters. The van der Waals surface area contributed by atoms with Crippen molar-refractivity contribution in [2.45, 2.75) is 20.8 Å². The van der Waals surface area contributed by atoms with Gasteiger partial charge in [-0.3, -0.25) is 0 Å². The molecule has 0 aliphatic carbocycles. The van der Waals surface area contributed by atoms with E-state index in [0.29, 0.717) is 0 Å². The van der Waals surface area contributed by atoms with Gasteiger partial charge >= 0.3 is 0 Å². The van der Waals surface area contributed by atoms with E-state index in [9.17, 15) is 0 Å². The highest BCUT2D eigenvalue weighted by atomic mass is 16.5. The van der Waals surface area contributed by atoms with Gasteiger partial charge in [0.15, 0.2) is 0 Å². The van der Waals surface area contributed by atoms with Crippen LogP contribution in [0.2, 0.25) is 0 Å². The fraction of sp³-hybridized carbons (Fsp3) is 0.455. The first-order valence-corrected chi connectivity index (χ1v) is 4.83. The topological polar surface area (TPSA) is 21.3 Å². The molecule has 1 aromatic carbocycles. The molecular weight excluding hydrogens is 162 g/mol. The van der Waals surface area contributed by atoms with Gasteiger partial charge in [0.05, 0.1) is 5.69 Å². The summed E-state index contributed by atoms with van der Waals surface area (Å²) < 4.78 is 5.44. The first-order valence-electron chi connectivity index (χ1n) is 4.83. The molecule has 72 valence electrons. The summed E-state index contributed by atoms with van der Waals surface area (Å²) in [5, 5.41) is 3.26. The first kappa shape index (κ1) is 9.90. The van der Waals surface area contributed by atoms with E-state index >= 15 is 0 Å². The van der Waals surface area contributed by atoms with Gasteiger partial charge in [-0.1, -0.05) is 19.9 Å². The van der Waals surface area contributed by atoms with Crippen LogP contribution in [0.4, 0.5) is 5.69 Å². The zero-order valence-electron chi connectivity index (χ0n) is 8.55. The minimum atomic E-state index is 0.774. The van der Waals surface area contributed by atoms with Gasteiger partial charge in [-0.05, 0) is 24.6 Å². The molecule has 1 aromatic rings. The lowest BCUT2D eigenvalue weighted by atomic mass is 10.2. The molecular formula is C11H17NO. The molecule has 0 saturated carbocycles. The molecule has 0 radical (unpaired) electrons. The Morgan fingerprint density at radius 3 is 2.85 bits per heavy atom. The molecule has 0 spiro atoms. The van der Waals surface area contributed by atoms with Crippen LogP contribution in [0, 0.1) is 6.92 Å². The van der Waals surface area contributed by atoms with Crippen LogP contribution in [0.5, 0.6) is 5.75 Å². The Kier molecular flexibility index (Phi) is 3.62. The number of hydrogen-bond acceptors (Lipinski definition) is 2. The number of hydrogen-bond donors (Lipinski definition) is 1. The van der Waals surface area contributed by atoms with E-state index in [1.54, 1.807) is 0 Å². The predicted octanol–water partition coefficient (Wildman–Crippen LogP) is 2.83. The number of anilines is 1. The molecule has 0 bridgehead atoms. The Bertz CT molecular complexity index is 271. The molecule has 13 heavy (non-hydrogen) atoms. The largest absolute Gasteiger partial charge is 0.490 e. The van der Waals surface area contributed by atoms with Crippen molar-refractivity contribution in [3.05, 3.63) is 23.8 Å². The summed E-state index contributed by atoms with van der Waals surface area (Å²) in [5.41, 5.74) is 2.36. The van der Waals surface area contributed by atoms with Crippen molar-refractivity contribution in [1.82, 2.24) is 0 Å². The second kappa shape index (κ2) is 4.75. The third kappa shape index (κ3) is 2.38. The Hall–Kier alpha value is -1.18. The van der Waals surface area contributed by atoms with Crippen molar-refractivity contribution >= 4 is 5.69 Å². The summed E-state index contributed by atoms with van der Waals surface area (Å²) in [4.78, 5) is 0. The molecule has 1 N–H and O–H groups in total. The van der Waals surface area contributed by atoms with E-state index < -0.39 is 0 Å². The Morgan fingerprint density at radius 2 is 2.08 bits per heavy atom. The predicted molar refractivity (Wildman–Crippen MR) is 56.5 cm³/mol. The third-order valence-corrected chi connectivity index (χ3v) is 1.81. The maximum atomic E-state index is 5.44. The standard InChI is InChI=1S/C9H11NO.C2H6/c1-7-2-3-8-9(6-7)11-5-4-10-8;1-2/h2-3,6,10H,4-5H2,1H3;1-2H3. The highest BCUT2D eigenvalue weighted by Gasteiger charge is 2.07. The molecule has 0 amide bonds. The monoisotopic (exact) mass is 179 g/mol. The molecule has 2 heteroatoms. The Morgan fingerprint density at radius 1 is 1.31 bits per heavy atom. The number of nitrogens with one attached hydrogen (secondary N) is 1. The summed E-state index contributed by atoms with van der Waals surface area (Å²) in [7, 11) is 0. The summed E-state index contributed by atoms with van der Waals surface area (Å²) in [6.07, 6.45) is 0. The van der Waals surface area contributed by atoms with Crippen LogP contribution >= 0.6 is 0 Å². The Balaban J connectivity index is 0.000000396. The highest BCUT2D eigenvalue weighted by molar-refractivity contribution is 5.58. The fourth-order valence-corrected chi connectivity index (χ4v) is 1.24. The van der Waals surface area contributed by atoms with Gasteiger partial charge in [0.2, 0.25) is 0 Å². The van der Waals surface area contributed by atoms with Crippen molar-refractivity contribution in [2.75, 3.05) is 18.5 Å². The van der Waals surface area contributed by atoms with Gasteiger partial charge in [-0.15, -0.1) is 0 Å². The molecule has 2 rings (SSSR count). The van der Waals surface area contributed by atoms with E-state index in [-0.39, 0.29) is 0 Å². The molecule has 2 nitrogen and oxygen atoms in total. The van der Waals surface area contributed by atoms with Gasteiger partial charge in [-0.25, -0.2) is 0 Å². The van der Waals surface area contributed by atoms with Crippen LogP contribution in [0.3, 0.4) is 0 Å². The van der Waals surface area contributed by atoms with Crippen molar-refractivity contribution in [3.8, 4) is 5.75 Å². The van der Waals surface area contributed by atoms with Crippen molar-refractivity contribution < 1.29 is 4.74 Å². The first-order chi connectivity index (χ1) is 6.36. The van der Waals surface area contributed by atoms with Crippen LogP contribution in [0.1, 0.15) is 19.4 Å². The van der Waals surface area contributed by atoms with Crippen molar-refractivity contribution in [1.29, 1.82) is 0 Å². The molecule has 0 aromatic heterocycles. The van der Waals surface area contributed by atoms with E-state index in [4.69, 9.17) is 4.74 Å². The quantitative estimate of drug-likeness (QED) is 0.661. The summed E-state index contributed by atoms with van der Waals surface area (Å²) in [5.74, 6) is 0.983. The van der Waals surface area contributed by atoms with Gasteiger partial charge in [0.25, 0.3) is 0 Å². The molecule has 0 unspecified atom stereocenters. The second-order valence-electron chi connectivity index (χ2n) is 2.77. The van der Waals surface area contributed by atoms with Gasteiger partial charge in [0.1, 0.15) is 12.4 Å². The smallest absolute Gasteiger partial charge is 0.142 e.